The molecule has 0 unspecified atom stereocenters. The maximum atomic E-state index is 12.2. The molecule has 2 rings (SSSR count). The highest BCUT2D eigenvalue weighted by molar-refractivity contribution is 5.33. The number of anilines is 1. The van der Waals surface area contributed by atoms with Gasteiger partial charge in [-0.3, -0.25) is 4.79 Å². The Kier molecular flexibility index (Phi) is 5.51. The van der Waals surface area contributed by atoms with Crippen LogP contribution in [0.15, 0.2) is 41.5 Å². The summed E-state index contributed by atoms with van der Waals surface area (Å²) in [7, 11) is 1.68. The predicted octanol–water partition coefficient (Wildman–Crippen LogP) is 2.41. The SMILES string of the molecule is CCCn1ccnc(NCc2cccc(COC)c2)c1=O. The molecule has 0 saturated heterocycles. The monoisotopic (exact) mass is 287 g/mol. The average molecular weight is 287 g/mol. The third-order valence-corrected chi connectivity index (χ3v) is 3.14. The molecule has 0 aliphatic rings. The molecule has 0 spiro atoms. The van der Waals surface area contributed by atoms with Gasteiger partial charge in [-0.25, -0.2) is 4.98 Å². The van der Waals surface area contributed by atoms with Gasteiger partial charge in [0.1, 0.15) is 0 Å². The van der Waals surface area contributed by atoms with Crippen LogP contribution in [-0.2, 0) is 24.4 Å². The summed E-state index contributed by atoms with van der Waals surface area (Å²) in [6.07, 6.45) is 4.29. The largest absolute Gasteiger partial charge is 0.380 e. The number of hydrogen-bond acceptors (Lipinski definition) is 4. The summed E-state index contributed by atoms with van der Waals surface area (Å²) in [5, 5.41) is 3.11. The van der Waals surface area contributed by atoms with Gasteiger partial charge in [-0.2, -0.15) is 0 Å². The lowest BCUT2D eigenvalue weighted by Crippen LogP contribution is -2.24. The van der Waals surface area contributed by atoms with Gasteiger partial charge in [-0.05, 0) is 17.5 Å². The first-order chi connectivity index (χ1) is 10.2. The van der Waals surface area contributed by atoms with Crippen LogP contribution in [0.25, 0.3) is 0 Å². The van der Waals surface area contributed by atoms with E-state index >= 15 is 0 Å². The molecular formula is C16H21N3O2. The second kappa shape index (κ2) is 7.59. The van der Waals surface area contributed by atoms with Gasteiger partial charge in [0.05, 0.1) is 6.61 Å². The molecule has 0 aliphatic heterocycles. The molecule has 5 nitrogen and oxygen atoms in total. The molecule has 2 aromatic rings. The molecule has 0 fully saturated rings. The van der Waals surface area contributed by atoms with Crippen LogP contribution in [0.1, 0.15) is 24.5 Å². The van der Waals surface area contributed by atoms with Crippen LogP contribution >= 0.6 is 0 Å². The van der Waals surface area contributed by atoms with Gasteiger partial charge in [0.2, 0.25) is 0 Å². The van der Waals surface area contributed by atoms with E-state index in [0.717, 1.165) is 17.5 Å². The molecule has 1 N–H and O–H groups in total. The van der Waals surface area contributed by atoms with Crippen molar-refractivity contribution in [2.75, 3.05) is 12.4 Å². The Hall–Kier alpha value is -2.14. The van der Waals surface area contributed by atoms with E-state index in [2.05, 4.69) is 16.4 Å². The summed E-state index contributed by atoms with van der Waals surface area (Å²) in [4.78, 5) is 16.3. The van der Waals surface area contributed by atoms with Gasteiger partial charge in [-0.15, -0.1) is 0 Å². The van der Waals surface area contributed by atoms with Crippen LogP contribution in [0.2, 0.25) is 0 Å². The van der Waals surface area contributed by atoms with Crippen molar-refractivity contribution in [3.05, 3.63) is 58.1 Å². The van der Waals surface area contributed by atoms with Crippen LogP contribution < -0.4 is 10.9 Å². The molecule has 21 heavy (non-hydrogen) atoms. The summed E-state index contributed by atoms with van der Waals surface area (Å²) in [6, 6.07) is 8.07. The lowest BCUT2D eigenvalue weighted by atomic mass is 10.1. The third-order valence-electron chi connectivity index (χ3n) is 3.14. The van der Waals surface area contributed by atoms with E-state index in [1.165, 1.54) is 0 Å². The van der Waals surface area contributed by atoms with E-state index in [-0.39, 0.29) is 5.56 Å². The van der Waals surface area contributed by atoms with Crippen molar-refractivity contribution in [3.63, 3.8) is 0 Å². The highest BCUT2D eigenvalue weighted by Gasteiger charge is 2.04. The van der Waals surface area contributed by atoms with Crippen molar-refractivity contribution < 1.29 is 4.74 Å². The zero-order chi connectivity index (χ0) is 15.1. The summed E-state index contributed by atoms with van der Waals surface area (Å²) < 4.78 is 6.80. The Morgan fingerprint density at radius 2 is 2.14 bits per heavy atom. The number of benzene rings is 1. The minimum Gasteiger partial charge on any atom is -0.380 e. The van der Waals surface area contributed by atoms with Gasteiger partial charge >= 0.3 is 0 Å². The molecule has 0 radical (unpaired) electrons. The fraction of sp³-hybridized carbons (Fsp3) is 0.375. The molecule has 0 bridgehead atoms. The topological polar surface area (TPSA) is 56.1 Å². The standard InChI is InChI=1S/C16H21N3O2/c1-3-8-19-9-7-17-15(16(19)20)18-11-13-5-4-6-14(10-13)12-21-2/h4-7,9-10H,3,8,11-12H2,1-2H3,(H,17,18). The number of nitrogens with zero attached hydrogens (tertiary/aromatic N) is 2. The van der Waals surface area contributed by atoms with Crippen LogP contribution in [0.4, 0.5) is 5.82 Å². The zero-order valence-corrected chi connectivity index (χ0v) is 12.5. The van der Waals surface area contributed by atoms with Gasteiger partial charge in [0.25, 0.3) is 5.56 Å². The van der Waals surface area contributed by atoms with Crippen molar-refractivity contribution in [2.45, 2.75) is 33.0 Å². The Morgan fingerprint density at radius 1 is 1.33 bits per heavy atom. The maximum absolute atomic E-state index is 12.2. The highest BCUT2D eigenvalue weighted by Crippen LogP contribution is 2.08. The molecular weight excluding hydrogens is 266 g/mol. The summed E-state index contributed by atoms with van der Waals surface area (Å²) in [6.45, 7) is 3.90. The van der Waals surface area contributed by atoms with Crippen molar-refractivity contribution in [3.8, 4) is 0 Å². The van der Waals surface area contributed by atoms with E-state index in [0.29, 0.717) is 25.5 Å². The van der Waals surface area contributed by atoms with Gasteiger partial charge < -0.3 is 14.6 Å². The minimum absolute atomic E-state index is 0.0765. The Morgan fingerprint density at radius 3 is 2.90 bits per heavy atom. The summed E-state index contributed by atoms with van der Waals surface area (Å²) in [5.74, 6) is 0.392. The van der Waals surface area contributed by atoms with Crippen molar-refractivity contribution >= 4 is 5.82 Å². The quantitative estimate of drug-likeness (QED) is 0.849. The van der Waals surface area contributed by atoms with E-state index in [9.17, 15) is 4.79 Å². The number of ether oxygens (including phenoxy) is 1. The number of rotatable bonds is 7. The van der Waals surface area contributed by atoms with Crippen LogP contribution in [-0.4, -0.2) is 16.7 Å². The second-order valence-electron chi connectivity index (χ2n) is 4.88. The smallest absolute Gasteiger partial charge is 0.293 e. The minimum atomic E-state index is -0.0765. The fourth-order valence-electron chi connectivity index (χ4n) is 2.17. The first-order valence-electron chi connectivity index (χ1n) is 7.10. The number of aryl methyl sites for hydroxylation is 1. The number of hydrogen-bond donors (Lipinski definition) is 1. The van der Waals surface area contributed by atoms with Crippen molar-refractivity contribution in [2.24, 2.45) is 0 Å². The molecule has 5 heteroatoms. The Bertz CT molecular complexity index is 637. The van der Waals surface area contributed by atoms with E-state index in [4.69, 9.17) is 4.74 Å². The zero-order valence-electron chi connectivity index (χ0n) is 12.5. The molecule has 0 saturated carbocycles. The van der Waals surface area contributed by atoms with E-state index in [1.54, 1.807) is 24.1 Å². The lowest BCUT2D eigenvalue weighted by molar-refractivity contribution is 0.185. The van der Waals surface area contributed by atoms with Gasteiger partial charge in [0, 0.05) is 32.6 Å². The van der Waals surface area contributed by atoms with Crippen molar-refractivity contribution in [1.29, 1.82) is 0 Å². The van der Waals surface area contributed by atoms with Crippen LogP contribution in [0, 0.1) is 0 Å². The number of nitrogens with one attached hydrogen (secondary N) is 1. The normalized spacial score (nSPS) is 10.6. The average Bonchev–Trinajstić information content (AvgIpc) is 2.49. The number of aromatic nitrogens is 2. The molecule has 0 aliphatic carbocycles. The maximum Gasteiger partial charge on any atom is 0.293 e. The lowest BCUT2D eigenvalue weighted by Gasteiger charge is -2.09. The van der Waals surface area contributed by atoms with E-state index in [1.807, 2.05) is 25.1 Å². The Balaban J connectivity index is 2.08. The van der Waals surface area contributed by atoms with Crippen LogP contribution in [0.5, 0.6) is 0 Å². The molecule has 1 heterocycles. The number of methoxy groups -OCH3 is 1. The summed E-state index contributed by atoms with van der Waals surface area (Å²) in [5.41, 5.74) is 2.13. The first kappa shape index (κ1) is 15.3. The second-order valence-corrected chi connectivity index (χ2v) is 4.88. The van der Waals surface area contributed by atoms with Gasteiger partial charge in [0.15, 0.2) is 5.82 Å². The predicted molar refractivity (Wildman–Crippen MR) is 83.3 cm³/mol. The molecule has 1 aromatic carbocycles. The fourth-order valence-corrected chi connectivity index (χ4v) is 2.17. The highest BCUT2D eigenvalue weighted by atomic mass is 16.5. The molecule has 112 valence electrons. The first-order valence-corrected chi connectivity index (χ1v) is 7.10. The molecule has 0 amide bonds. The Labute approximate surface area is 124 Å². The van der Waals surface area contributed by atoms with E-state index < -0.39 is 0 Å². The van der Waals surface area contributed by atoms with Gasteiger partial charge in [-0.1, -0.05) is 31.2 Å². The molecule has 1 aromatic heterocycles. The molecule has 0 atom stereocenters. The van der Waals surface area contributed by atoms with Crippen molar-refractivity contribution in [1.82, 2.24) is 9.55 Å². The third kappa shape index (κ3) is 4.16. The summed E-state index contributed by atoms with van der Waals surface area (Å²) >= 11 is 0. The van der Waals surface area contributed by atoms with Crippen LogP contribution in [0.3, 0.4) is 0 Å².